The van der Waals surface area contributed by atoms with Gasteiger partial charge in [0.1, 0.15) is 0 Å². The van der Waals surface area contributed by atoms with Crippen LogP contribution in [0, 0.1) is 0 Å². The molecule has 5 heteroatoms. The van der Waals surface area contributed by atoms with E-state index >= 15 is 0 Å². The highest BCUT2D eigenvalue weighted by molar-refractivity contribution is 7.98. The number of aromatic nitrogens is 1. The highest BCUT2D eigenvalue weighted by atomic mass is 35.5. The molecule has 1 heterocycles. The number of halogens is 1. The molecule has 1 atom stereocenters. The average molecular weight is 245 g/mol. The van der Waals surface area contributed by atoms with Gasteiger partial charge in [0.15, 0.2) is 11.3 Å². The summed E-state index contributed by atoms with van der Waals surface area (Å²) in [5.41, 5.74) is 0.866. The molecule has 0 saturated carbocycles. The third-order valence-corrected chi connectivity index (χ3v) is 3.09. The molecule has 1 rings (SSSR count). The maximum Gasteiger partial charge on any atom is 0.159 e. The van der Waals surface area contributed by atoms with Gasteiger partial charge in [-0.15, -0.1) is 0 Å². The lowest BCUT2D eigenvalue weighted by molar-refractivity contribution is -0.110. The number of thioether (sulfide) groups is 1. The van der Waals surface area contributed by atoms with E-state index in [0.29, 0.717) is 12.3 Å². The number of alkyl halides is 1. The summed E-state index contributed by atoms with van der Waals surface area (Å²) in [4.78, 5) is 14.0. The van der Waals surface area contributed by atoms with Gasteiger partial charge >= 0.3 is 0 Å². The van der Waals surface area contributed by atoms with Crippen LogP contribution in [0.4, 0.5) is 0 Å². The SMILES string of the molecule is CSCC(Cl)(C=O)NCc1ccccn1. The molecule has 0 aliphatic carbocycles. The van der Waals surface area contributed by atoms with Crippen LogP contribution in [0.15, 0.2) is 24.4 Å². The average Bonchev–Trinajstić information content (AvgIpc) is 2.28. The number of carbonyl (C=O) groups excluding carboxylic acids is 1. The first-order valence-electron chi connectivity index (χ1n) is 4.49. The van der Waals surface area contributed by atoms with Crippen LogP contribution in [0.1, 0.15) is 5.69 Å². The minimum Gasteiger partial charge on any atom is -0.300 e. The lowest BCUT2D eigenvalue weighted by Gasteiger charge is -2.20. The molecule has 1 aromatic heterocycles. The number of aldehydes is 1. The van der Waals surface area contributed by atoms with Gasteiger partial charge in [-0.2, -0.15) is 11.8 Å². The number of nitrogens with one attached hydrogen (secondary N) is 1. The largest absolute Gasteiger partial charge is 0.300 e. The zero-order chi connectivity index (χ0) is 11.1. The summed E-state index contributed by atoms with van der Waals surface area (Å²) in [7, 11) is 0. The fourth-order valence-electron chi connectivity index (χ4n) is 1.08. The van der Waals surface area contributed by atoms with Gasteiger partial charge < -0.3 is 0 Å². The van der Waals surface area contributed by atoms with Crippen molar-refractivity contribution >= 4 is 29.6 Å². The summed E-state index contributed by atoms with van der Waals surface area (Å²) >= 11 is 7.57. The van der Waals surface area contributed by atoms with Gasteiger partial charge in [0.25, 0.3) is 0 Å². The number of rotatable bonds is 6. The second kappa shape index (κ2) is 6.10. The molecule has 0 radical (unpaired) electrons. The van der Waals surface area contributed by atoms with Crippen LogP contribution in [-0.4, -0.2) is 28.3 Å². The number of nitrogens with zero attached hydrogens (tertiary/aromatic N) is 1. The van der Waals surface area contributed by atoms with E-state index in [9.17, 15) is 4.79 Å². The molecule has 3 nitrogen and oxygen atoms in total. The van der Waals surface area contributed by atoms with E-state index in [0.717, 1.165) is 12.0 Å². The lowest BCUT2D eigenvalue weighted by Crippen LogP contribution is -2.43. The molecule has 0 aliphatic heterocycles. The van der Waals surface area contributed by atoms with E-state index in [-0.39, 0.29) is 0 Å². The van der Waals surface area contributed by atoms with Crippen LogP contribution in [0.3, 0.4) is 0 Å². The standard InChI is InChI=1S/C10H13ClN2OS/c1-15-8-10(11,7-14)13-6-9-4-2-3-5-12-9/h2-5,7,13H,6,8H2,1H3. The van der Waals surface area contributed by atoms with Crippen molar-refractivity contribution in [3.63, 3.8) is 0 Å². The molecule has 0 saturated heterocycles. The summed E-state index contributed by atoms with van der Waals surface area (Å²) in [6, 6.07) is 5.63. The van der Waals surface area contributed by atoms with Gasteiger partial charge in [-0.1, -0.05) is 17.7 Å². The zero-order valence-corrected chi connectivity index (χ0v) is 10.0. The monoisotopic (exact) mass is 244 g/mol. The Hall–Kier alpha value is -0.580. The Kier molecular flexibility index (Phi) is 5.08. The number of hydrogen-bond donors (Lipinski definition) is 1. The molecular formula is C10H13ClN2OS. The Morgan fingerprint density at radius 3 is 3.00 bits per heavy atom. The summed E-state index contributed by atoms with van der Waals surface area (Å²) in [5.74, 6) is 0.533. The normalized spacial score (nSPS) is 14.5. The predicted molar refractivity (Wildman–Crippen MR) is 64.1 cm³/mol. The Balaban J connectivity index is 2.51. The first-order valence-corrected chi connectivity index (χ1v) is 6.26. The molecule has 15 heavy (non-hydrogen) atoms. The number of pyridine rings is 1. The Bertz CT molecular complexity index is 310. The predicted octanol–water partition coefficient (Wildman–Crippen LogP) is 1.67. The van der Waals surface area contributed by atoms with E-state index < -0.39 is 5.00 Å². The molecule has 0 aromatic carbocycles. The topological polar surface area (TPSA) is 42.0 Å². The van der Waals surface area contributed by atoms with Crippen molar-refractivity contribution in [2.45, 2.75) is 11.5 Å². The summed E-state index contributed by atoms with van der Waals surface area (Å²) in [6.07, 6.45) is 4.35. The van der Waals surface area contributed by atoms with E-state index in [1.807, 2.05) is 24.5 Å². The van der Waals surface area contributed by atoms with Gasteiger partial charge in [0, 0.05) is 18.5 Å². The van der Waals surface area contributed by atoms with Crippen molar-refractivity contribution in [1.82, 2.24) is 10.3 Å². The van der Waals surface area contributed by atoms with Crippen LogP contribution >= 0.6 is 23.4 Å². The molecule has 82 valence electrons. The highest BCUT2D eigenvalue weighted by Crippen LogP contribution is 2.14. The summed E-state index contributed by atoms with van der Waals surface area (Å²) in [5, 5.41) is 2.98. The smallest absolute Gasteiger partial charge is 0.159 e. The first-order chi connectivity index (χ1) is 7.20. The minimum absolute atomic E-state index is 0.490. The second-order valence-corrected chi connectivity index (χ2v) is 4.63. The molecule has 0 fully saturated rings. The fourth-order valence-corrected chi connectivity index (χ4v) is 2.06. The van der Waals surface area contributed by atoms with Crippen molar-refractivity contribution in [2.24, 2.45) is 0 Å². The Morgan fingerprint density at radius 1 is 1.67 bits per heavy atom. The van der Waals surface area contributed by atoms with Crippen molar-refractivity contribution in [1.29, 1.82) is 0 Å². The van der Waals surface area contributed by atoms with Gasteiger partial charge in [0.05, 0.1) is 5.69 Å². The molecule has 0 spiro atoms. The summed E-state index contributed by atoms with van der Waals surface area (Å²) < 4.78 is 0. The van der Waals surface area contributed by atoms with Crippen LogP contribution in [-0.2, 0) is 11.3 Å². The van der Waals surface area contributed by atoms with Gasteiger partial charge in [-0.3, -0.25) is 15.1 Å². The molecule has 0 aliphatic rings. The van der Waals surface area contributed by atoms with E-state index in [4.69, 9.17) is 11.6 Å². The zero-order valence-electron chi connectivity index (χ0n) is 8.44. The Morgan fingerprint density at radius 2 is 2.47 bits per heavy atom. The molecule has 1 aromatic rings. The first kappa shape index (κ1) is 12.5. The second-order valence-electron chi connectivity index (χ2n) is 3.09. The Labute approximate surface area is 98.6 Å². The fraction of sp³-hybridized carbons (Fsp3) is 0.400. The van der Waals surface area contributed by atoms with Gasteiger partial charge in [-0.25, -0.2) is 0 Å². The van der Waals surface area contributed by atoms with Gasteiger partial charge in [0.2, 0.25) is 0 Å². The maximum absolute atomic E-state index is 10.8. The van der Waals surface area contributed by atoms with Crippen molar-refractivity contribution in [2.75, 3.05) is 12.0 Å². The van der Waals surface area contributed by atoms with Crippen molar-refractivity contribution < 1.29 is 4.79 Å². The molecule has 1 unspecified atom stereocenters. The molecule has 1 N–H and O–H groups in total. The van der Waals surface area contributed by atoms with Crippen LogP contribution in [0.5, 0.6) is 0 Å². The summed E-state index contributed by atoms with van der Waals surface area (Å²) in [6.45, 7) is 0.490. The van der Waals surface area contributed by atoms with E-state index in [1.54, 1.807) is 6.20 Å². The maximum atomic E-state index is 10.8. The van der Waals surface area contributed by atoms with Crippen LogP contribution in [0.2, 0.25) is 0 Å². The van der Waals surface area contributed by atoms with Crippen molar-refractivity contribution in [3.8, 4) is 0 Å². The molecular weight excluding hydrogens is 232 g/mol. The van der Waals surface area contributed by atoms with Crippen LogP contribution < -0.4 is 5.32 Å². The molecule has 0 amide bonds. The van der Waals surface area contributed by atoms with Crippen molar-refractivity contribution in [3.05, 3.63) is 30.1 Å². The highest BCUT2D eigenvalue weighted by Gasteiger charge is 2.25. The number of carbonyl (C=O) groups is 1. The molecule has 0 bridgehead atoms. The van der Waals surface area contributed by atoms with E-state index in [2.05, 4.69) is 10.3 Å². The van der Waals surface area contributed by atoms with Gasteiger partial charge in [-0.05, 0) is 18.4 Å². The number of hydrogen-bond acceptors (Lipinski definition) is 4. The minimum atomic E-state index is -0.989. The lowest BCUT2D eigenvalue weighted by atomic mass is 10.3. The van der Waals surface area contributed by atoms with Crippen LogP contribution in [0.25, 0.3) is 0 Å². The third-order valence-electron chi connectivity index (χ3n) is 1.83. The quantitative estimate of drug-likeness (QED) is 0.470. The third kappa shape index (κ3) is 4.20. The van der Waals surface area contributed by atoms with E-state index in [1.165, 1.54) is 11.8 Å².